The van der Waals surface area contributed by atoms with Gasteiger partial charge < -0.3 is 10.4 Å². The third-order valence-corrected chi connectivity index (χ3v) is 5.02. The molecule has 1 aliphatic heterocycles. The fourth-order valence-electron chi connectivity index (χ4n) is 2.97. The molecule has 1 heterocycles. The number of aliphatic hydroxyl groups excluding tert-OH is 1. The van der Waals surface area contributed by atoms with Crippen LogP contribution in [0.4, 0.5) is 0 Å². The number of hydrogen-bond acceptors (Lipinski definition) is 3. The second kappa shape index (κ2) is 9.00. The van der Waals surface area contributed by atoms with Crippen molar-refractivity contribution in [2.24, 2.45) is 0 Å². The Balaban J connectivity index is 1.97. The maximum Gasteiger partial charge on any atom is 0.247 e. The van der Waals surface area contributed by atoms with Crippen molar-refractivity contribution in [3.63, 3.8) is 0 Å². The molecule has 4 nitrogen and oxygen atoms in total. The Morgan fingerprint density at radius 3 is 2.46 bits per heavy atom. The molecule has 24 heavy (non-hydrogen) atoms. The first-order valence-electron chi connectivity index (χ1n) is 8.93. The zero-order valence-electron chi connectivity index (χ0n) is 15.1. The smallest absolute Gasteiger partial charge is 0.247 e. The quantitative estimate of drug-likeness (QED) is 0.789. The van der Waals surface area contributed by atoms with Gasteiger partial charge in [-0.25, -0.2) is 0 Å². The lowest BCUT2D eigenvalue weighted by molar-refractivity contribution is -0.117. The number of carbonyl (C=O) groups is 1. The van der Waals surface area contributed by atoms with E-state index in [2.05, 4.69) is 29.3 Å². The number of allylic oxidation sites excluding steroid dienone is 1. The molecule has 2 rings (SSSR count). The van der Waals surface area contributed by atoms with Gasteiger partial charge in [-0.15, -0.1) is 0 Å². The number of amides is 1. The molecular weight excluding hydrogens is 300 g/mol. The van der Waals surface area contributed by atoms with Crippen LogP contribution >= 0.6 is 0 Å². The van der Waals surface area contributed by atoms with Crippen LogP contribution in [0, 0.1) is 0 Å². The summed E-state index contributed by atoms with van der Waals surface area (Å²) >= 11 is 0. The largest absolute Gasteiger partial charge is 0.393 e. The molecule has 1 amide bonds. The van der Waals surface area contributed by atoms with Gasteiger partial charge in [0, 0.05) is 31.8 Å². The second-order valence-electron chi connectivity index (χ2n) is 6.72. The highest BCUT2D eigenvalue weighted by atomic mass is 16.3. The molecule has 0 atom stereocenters. The first-order valence-corrected chi connectivity index (χ1v) is 8.93. The Kier molecular flexibility index (Phi) is 7.00. The van der Waals surface area contributed by atoms with Crippen molar-refractivity contribution >= 4 is 5.91 Å². The van der Waals surface area contributed by atoms with Gasteiger partial charge in [0.05, 0.1) is 6.10 Å². The van der Waals surface area contributed by atoms with Crippen LogP contribution < -0.4 is 5.32 Å². The molecule has 1 aromatic carbocycles. The summed E-state index contributed by atoms with van der Waals surface area (Å²) in [6, 6.07) is 8.28. The summed E-state index contributed by atoms with van der Waals surface area (Å²) in [5, 5.41) is 12.7. The fourth-order valence-corrected chi connectivity index (χ4v) is 2.97. The SMILES string of the molecule is CC/C(C)=C(/C)C(=O)NCc1ccccc1CN1CCC(O)CC1. The van der Waals surface area contributed by atoms with E-state index in [9.17, 15) is 9.90 Å². The maximum atomic E-state index is 12.2. The van der Waals surface area contributed by atoms with Crippen molar-refractivity contribution in [2.75, 3.05) is 13.1 Å². The van der Waals surface area contributed by atoms with Crippen LogP contribution in [0.15, 0.2) is 35.4 Å². The average molecular weight is 330 g/mol. The van der Waals surface area contributed by atoms with Crippen molar-refractivity contribution in [3.05, 3.63) is 46.5 Å². The van der Waals surface area contributed by atoms with E-state index in [-0.39, 0.29) is 12.0 Å². The predicted octanol–water partition coefficient (Wildman–Crippen LogP) is 3.01. The Morgan fingerprint density at radius 2 is 1.83 bits per heavy atom. The van der Waals surface area contributed by atoms with E-state index in [4.69, 9.17) is 0 Å². The lowest BCUT2D eigenvalue weighted by Gasteiger charge is -2.30. The van der Waals surface area contributed by atoms with E-state index in [0.717, 1.165) is 50.0 Å². The van der Waals surface area contributed by atoms with Gasteiger partial charge in [0.25, 0.3) is 0 Å². The van der Waals surface area contributed by atoms with Gasteiger partial charge in [0.1, 0.15) is 0 Å². The Hall–Kier alpha value is -1.65. The van der Waals surface area contributed by atoms with Gasteiger partial charge >= 0.3 is 0 Å². The van der Waals surface area contributed by atoms with Gasteiger partial charge in [0.2, 0.25) is 5.91 Å². The number of rotatable bonds is 6. The molecule has 132 valence electrons. The van der Waals surface area contributed by atoms with Crippen molar-refractivity contribution in [1.29, 1.82) is 0 Å². The summed E-state index contributed by atoms with van der Waals surface area (Å²) in [6.07, 6.45) is 2.45. The highest BCUT2D eigenvalue weighted by Crippen LogP contribution is 2.17. The van der Waals surface area contributed by atoms with Crippen LogP contribution in [0.25, 0.3) is 0 Å². The van der Waals surface area contributed by atoms with E-state index >= 15 is 0 Å². The average Bonchev–Trinajstić information content (AvgIpc) is 2.61. The van der Waals surface area contributed by atoms with Crippen molar-refractivity contribution in [3.8, 4) is 0 Å². The highest BCUT2D eigenvalue weighted by molar-refractivity contribution is 5.93. The molecular formula is C20H30N2O2. The molecule has 0 unspecified atom stereocenters. The highest BCUT2D eigenvalue weighted by Gasteiger charge is 2.18. The molecule has 1 saturated heterocycles. The number of hydrogen-bond donors (Lipinski definition) is 2. The predicted molar refractivity (Wildman–Crippen MR) is 97.5 cm³/mol. The third-order valence-electron chi connectivity index (χ3n) is 5.02. The maximum absolute atomic E-state index is 12.2. The Labute approximate surface area is 145 Å². The van der Waals surface area contributed by atoms with Crippen LogP contribution in [-0.4, -0.2) is 35.1 Å². The number of benzene rings is 1. The van der Waals surface area contributed by atoms with E-state index in [1.165, 1.54) is 11.1 Å². The van der Waals surface area contributed by atoms with Gasteiger partial charge in [0.15, 0.2) is 0 Å². The summed E-state index contributed by atoms with van der Waals surface area (Å²) < 4.78 is 0. The molecule has 1 aromatic rings. The summed E-state index contributed by atoms with van der Waals surface area (Å²) in [4.78, 5) is 14.6. The zero-order chi connectivity index (χ0) is 17.5. The number of aliphatic hydroxyl groups is 1. The molecule has 0 bridgehead atoms. The number of nitrogens with zero attached hydrogens (tertiary/aromatic N) is 1. The molecule has 1 aliphatic rings. The molecule has 2 N–H and O–H groups in total. The standard InChI is InChI=1S/C20H30N2O2/c1-4-15(2)16(3)20(24)21-13-17-7-5-6-8-18(17)14-22-11-9-19(23)10-12-22/h5-8,19,23H,4,9-14H2,1-3H3,(H,21,24)/b16-15-. The van der Waals surface area contributed by atoms with Crippen molar-refractivity contribution in [2.45, 2.75) is 59.2 Å². The normalized spacial score (nSPS) is 17.5. The van der Waals surface area contributed by atoms with Crippen molar-refractivity contribution < 1.29 is 9.90 Å². The molecule has 4 heteroatoms. The molecule has 0 saturated carbocycles. The first kappa shape index (κ1) is 18.7. The van der Waals surface area contributed by atoms with E-state index in [1.54, 1.807) is 0 Å². The number of nitrogens with one attached hydrogen (secondary N) is 1. The summed E-state index contributed by atoms with van der Waals surface area (Å²) in [7, 11) is 0. The van der Waals surface area contributed by atoms with Gasteiger partial charge in [-0.1, -0.05) is 36.8 Å². The van der Waals surface area contributed by atoms with Crippen LogP contribution in [0.5, 0.6) is 0 Å². The summed E-state index contributed by atoms with van der Waals surface area (Å²) in [5.74, 6) is 0.0187. The van der Waals surface area contributed by atoms with Crippen LogP contribution in [0.1, 0.15) is 51.2 Å². The summed E-state index contributed by atoms with van der Waals surface area (Å²) in [5.41, 5.74) is 4.37. The minimum Gasteiger partial charge on any atom is -0.393 e. The van der Waals surface area contributed by atoms with Gasteiger partial charge in [-0.2, -0.15) is 0 Å². The van der Waals surface area contributed by atoms with Crippen molar-refractivity contribution in [1.82, 2.24) is 10.2 Å². The van der Waals surface area contributed by atoms with Crippen LogP contribution in [0.2, 0.25) is 0 Å². The molecule has 1 fully saturated rings. The molecule has 0 spiro atoms. The first-order chi connectivity index (χ1) is 11.5. The van der Waals surface area contributed by atoms with Gasteiger partial charge in [-0.3, -0.25) is 9.69 Å². The van der Waals surface area contributed by atoms with Crippen LogP contribution in [0.3, 0.4) is 0 Å². The molecule has 0 radical (unpaired) electrons. The third kappa shape index (κ3) is 5.18. The monoisotopic (exact) mass is 330 g/mol. The second-order valence-corrected chi connectivity index (χ2v) is 6.72. The number of likely N-dealkylation sites (tertiary alicyclic amines) is 1. The van der Waals surface area contributed by atoms with E-state index < -0.39 is 0 Å². The zero-order valence-corrected chi connectivity index (χ0v) is 15.1. The Morgan fingerprint density at radius 1 is 1.21 bits per heavy atom. The topological polar surface area (TPSA) is 52.6 Å². The minimum atomic E-state index is -0.146. The number of piperidine rings is 1. The van der Waals surface area contributed by atoms with E-state index in [0.29, 0.717) is 6.54 Å². The summed E-state index contributed by atoms with van der Waals surface area (Å²) in [6.45, 7) is 9.25. The molecule has 0 aromatic heterocycles. The molecule has 0 aliphatic carbocycles. The van der Waals surface area contributed by atoms with Crippen LogP contribution in [-0.2, 0) is 17.9 Å². The minimum absolute atomic E-state index is 0.0187. The number of carbonyl (C=O) groups excluding carboxylic acids is 1. The lowest BCUT2D eigenvalue weighted by atomic mass is 10.0. The van der Waals surface area contributed by atoms with Gasteiger partial charge in [-0.05, 0) is 44.2 Å². The fraction of sp³-hybridized carbons (Fsp3) is 0.550. The van der Waals surface area contributed by atoms with E-state index in [1.807, 2.05) is 26.0 Å². The lowest BCUT2D eigenvalue weighted by Crippen LogP contribution is -2.35. The Bertz CT molecular complexity index is 587.